The maximum absolute atomic E-state index is 12.7. The molecule has 0 bridgehead atoms. The van der Waals surface area contributed by atoms with Crippen molar-refractivity contribution in [2.45, 2.75) is 26.0 Å². The van der Waals surface area contributed by atoms with Crippen LogP contribution in [0.5, 0.6) is 23.0 Å². The van der Waals surface area contributed by atoms with Gasteiger partial charge in [0, 0.05) is 36.2 Å². The van der Waals surface area contributed by atoms with Crippen molar-refractivity contribution < 1.29 is 24.1 Å². The number of hydrogen-bond donors (Lipinski definition) is 2. The number of halogens is 1. The summed E-state index contributed by atoms with van der Waals surface area (Å²) in [5.41, 5.74) is 4.55. The average Bonchev–Trinajstić information content (AvgIpc) is 2.83. The monoisotopic (exact) mass is 475 g/mol. The van der Waals surface area contributed by atoms with Crippen LogP contribution in [0.15, 0.2) is 66.7 Å². The van der Waals surface area contributed by atoms with E-state index in [-0.39, 0.29) is 36.2 Å². The average molecular weight is 476 g/mol. The minimum atomic E-state index is -0.388. The minimum absolute atomic E-state index is 0.165. The second kappa shape index (κ2) is 9.62. The zero-order valence-corrected chi connectivity index (χ0v) is 19.9. The van der Waals surface area contributed by atoms with E-state index >= 15 is 0 Å². The van der Waals surface area contributed by atoms with E-state index in [0.29, 0.717) is 12.4 Å². The van der Waals surface area contributed by atoms with Gasteiger partial charge in [-0.15, -0.1) is 0 Å². The third-order valence-corrected chi connectivity index (χ3v) is 6.94. The Balaban J connectivity index is 1.39. The second-order valence-electron chi connectivity index (χ2n) is 9.47. The van der Waals surface area contributed by atoms with Gasteiger partial charge < -0.3 is 19.7 Å². The van der Waals surface area contributed by atoms with Gasteiger partial charge >= 0.3 is 0 Å². The Morgan fingerprint density at radius 3 is 2.49 bits per heavy atom. The van der Waals surface area contributed by atoms with Crippen LogP contribution in [0.25, 0.3) is 11.1 Å². The fraction of sp³-hybridized carbons (Fsp3) is 0.310. The van der Waals surface area contributed by atoms with Gasteiger partial charge in [-0.3, -0.25) is 9.29 Å². The van der Waals surface area contributed by atoms with Crippen molar-refractivity contribution in [3.05, 3.63) is 83.4 Å². The molecule has 1 fully saturated rings. The number of nitrogens with zero attached hydrogens (tertiary/aromatic N) is 1. The Kier molecular flexibility index (Phi) is 6.39. The van der Waals surface area contributed by atoms with E-state index in [9.17, 15) is 14.6 Å². The van der Waals surface area contributed by atoms with Crippen molar-refractivity contribution in [3.8, 4) is 23.0 Å². The summed E-state index contributed by atoms with van der Waals surface area (Å²) >= 11 is 0. The molecule has 2 N–H and O–H groups in total. The van der Waals surface area contributed by atoms with Crippen LogP contribution in [0.4, 0.5) is 4.39 Å². The first kappa shape index (κ1) is 23.2. The van der Waals surface area contributed by atoms with Crippen LogP contribution in [-0.4, -0.2) is 47.5 Å². The zero-order valence-electron chi connectivity index (χ0n) is 19.9. The molecular weight excluding hydrogens is 445 g/mol. The summed E-state index contributed by atoms with van der Waals surface area (Å²) in [5, 5.41) is 20.2. The van der Waals surface area contributed by atoms with Crippen LogP contribution in [0, 0.1) is 5.92 Å². The molecule has 35 heavy (non-hydrogen) atoms. The lowest BCUT2D eigenvalue weighted by molar-refractivity contribution is 0.0265. The SMILES string of the molecule is CC1=C(c2cccc(O)c2)C(c2ccc(OC[C@H](C)N3CC(CF)C3)cc2)Oc2ccc(O)cc21. The first-order valence-corrected chi connectivity index (χ1v) is 12.0. The van der Waals surface area contributed by atoms with E-state index in [4.69, 9.17) is 9.47 Å². The third-order valence-electron chi connectivity index (χ3n) is 6.94. The van der Waals surface area contributed by atoms with Crippen molar-refractivity contribution in [1.82, 2.24) is 4.90 Å². The quantitative estimate of drug-likeness (QED) is 0.450. The fourth-order valence-corrected chi connectivity index (χ4v) is 4.85. The molecule has 0 spiro atoms. The molecular formula is C29H30FNO4. The van der Waals surface area contributed by atoms with Gasteiger partial charge in [0.15, 0.2) is 0 Å². The Morgan fingerprint density at radius 2 is 1.77 bits per heavy atom. The number of alkyl halides is 1. The summed E-state index contributed by atoms with van der Waals surface area (Å²) in [6.45, 7) is 5.99. The van der Waals surface area contributed by atoms with Gasteiger partial charge in [-0.05, 0) is 73.0 Å². The van der Waals surface area contributed by atoms with E-state index in [2.05, 4.69) is 11.8 Å². The van der Waals surface area contributed by atoms with Gasteiger partial charge in [-0.1, -0.05) is 24.3 Å². The zero-order chi connectivity index (χ0) is 24.5. The molecule has 0 saturated carbocycles. The molecule has 3 aromatic rings. The maximum atomic E-state index is 12.7. The number of phenols is 2. The van der Waals surface area contributed by atoms with E-state index in [1.54, 1.807) is 30.3 Å². The largest absolute Gasteiger partial charge is 0.508 e. The first-order chi connectivity index (χ1) is 16.9. The van der Waals surface area contributed by atoms with Crippen molar-refractivity contribution >= 4 is 11.1 Å². The lowest BCUT2D eigenvalue weighted by atomic mass is 9.86. The van der Waals surface area contributed by atoms with E-state index in [0.717, 1.165) is 46.7 Å². The highest BCUT2D eigenvalue weighted by atomic mass is 19.1. The Hall–Kier alpha value is -3.51. The van der Waals surface area contributed by atoms with Crippen molar-refractivity contribution in [3.63, 3.8) is 0 Å². The number of fused-ring (bicyclic) bond motifs is 1. The van der Waals surface area contributed by atoms with Crippen molar-refractivity contribution in [2.24, 2.45) is 5.92 Å². The molecule has 2 atom stereocenters. The molecule has 0 amide bonds. The predicted octanol–water partition coefficient (Wildman–Crippen LogP) is 5.83. The van der Waals surface area contributed by atoms with Gasteiger partial charge in [0.25, 0.3) is 0 Å². The second-order valence-corrected chi connectivity index (χ2v) is 9.47. The molecule has 0 aliphatic carbocycles. The predicted molar refractivity (Wildman–Crippen MR) is 135 cm³/mol. The van der Waals surface area contributed by atoms with Gasteiger partial charge in [-0.2, -0.15) is 0 Å². The minimum Gasteiger partial charge on any atom is -0.508 e. The summed E-state index contributed by atoms with van der Waals surface area (Å²) in [5.74, 6) is 1.99. The van der Waals surface area contributed by atoms with Crippen LogP contribution in [0.1, 0.15) is 36.6 Å². The highest BCUT2D eigenvalue weighted by Gasteiger charge is 2.31. The van der Waals surface area contributed by atoms with E-state index in [1.807, 2.05) is 43.3 Å². The number of allylic oxidation sites excluding steroid dienone is 1. The number of rotatable bonds is 7. The normalized spacial score (nSPS) is 19.0. The molecule has 182 valence electrons. The Bertz CT molecular complexity index is 1230. The van der Waals surface area contributed by atoms with Gasteiger partial charge in [0.1, 0.15) is 35.7 Å². The van der Waals surface area contributed by atoms with Crippen LogP contribution in [-0.2, 0) is 0 Å². The maximum Gasteiger partial charge on any atom is 0.150 e. The van der Waals surface area contributed by atoms with Crippen LogP contribution < -0.4 is 9.47 Å². The number of hydrogen-bond acceptors (Lipinski definition) is 5. The summed E-state index contributed by atoms with van der Waals surface area (Å²) in [4.78, 5) is 2.23. The summed E-state index contributed by atoms with van der Waals surface area (Å²) in [7, 11) is 0. The number of ether oxygens (including phenoxy) is 2. The lowest BCUT2D eigenvalue weighted by Crippen LogP contribution is -2.53. The summed E-state index contributed by atoms with van der Waals surface area (Å²) in [6.07, 6.45) is -0.388. The molecule has 2 aliphatic rings. The van der Waals surface area contributed by atoms with Crippen molar-refractivity contribution in [2.75, 3.05) is 26.4 Å². The van der Waals surface area contributed by atoms with E-state index < -0.39 is 0 Å². The highest BCUT2D eigenvalue weighted by Crippen LogP contribution is 2.47. The topological polar surface area (TPSA) is 62.2 Å². The molecule has 0 aromatic heterocycles. The van der Waals surface area contributed by atoms with Gasteiger partial charge in [0.2, 0.25) is 0 Å². The number of aromatic hydroxyl groups is 2. The lowest BCUT2D eigenvalue weighted by Gasteiger charge is -2.41. The fourth-order valence-electron chi connectivity index (χ4n) is 4.85. The number of benzene rings is 3. The molecule has 3 aromatic carbocycles. The molecule has 5 nitrogen and oxygen atoms in total. The smallest absolute Gasteiger partial charge is 0.150 e. The van der Waals surface area contributed by atoms with E-state index in [1.165, 1.54) is 0 Å². The van der Waals surface area contributed by atoms with Crippen LogP contribution in [0.2, 0.25) is 0 Å². The van der Waals surface area contributed by atoms with Crippen LogP contribution >= 0.6 is 0 Å². The Labute approximate surface area is 205 Å². The van der Waals surface area contributed by atoms with Crippen molar-refractivity contribution in [1.29, 1.82) is 0 Å². The molecule has 1 unspecified atom stereocenters. The molecule has 2 heterocycles. The summed E-state index contributed by atoms with van der Waals surface area (Å²) < 4.78 is 25.1. The highest BCUT2D eigenvalue weighted by molar-refractivity contribution is 5.95. The number of likely N-dealkylation sites (tertiary alicyclic amines) is 1. The Morgan fingerprint density at radius 1 is 1.03 bits per heavy atom. The first-order valence-electron chi connectivity index (χ1n) is 12.0. The van der Waals surface area contributed by atoms with Gasteiger partial charge in [0.05, 0.1) is 6.67 Å². The molecule has 2 aliphatic heterocycles. The molecule has 5 rings (SSSR count). The summed E-state index contributed by atoms with van der Waals surface area (Å²) in [6, 6.07) is 20.3. The molecule has 0 radical (unpaired) electrons. The van der Waals surface area contributed by atoms with Crippen LogP contribution in [0.3, 0.4) is 0 Å². The molecule has 6 heteroatoms. The number of phenolic OH excluding ortho intramolecular Hbond substituents is 2. The van der Waals surface area contributed by atoms with Gasteiger partial charge in [-0.25, -0.2) is 0 Å². The standard InChI is InChI=1S/C29H30FNO4/c1-18(31-15-20(14-30)16-31)17-34-25-9-6-21(7-10-25)29-28(22-4-3-5-23(32)12-22)19(2)26-13-24(33)8-11-27(26)35-29/h3-13,18,20,29,32-33H,14-17H2,1-2H3/t18-,29?/m0/s1. The third kappa shape index (κ3) is 4.71. The molecule has 1 saturated heterocycles.